The van der Waals surface area contributed by atoms with Gasteiger partial charge in [0.25, 0.3) is 0 Å². The third-order valence-electron chi connectivity index (χ3n) is 25.9. The molecule has 0 radical (unpaired) electrons. The summed E-state index contributed by atoms with van der Waals surface area (Å²) in [6.45, 7) is 8.43. The predicted molar refractivity (Wildman–Crippen MR) is 526 cm³/mol. The molecule has 6 aromatic carbocycles. The number of phosphoric acid groups is 1. The van der Waals surface area contributed by atoms with Gasteiger partial charge in [-0.15, -0.1) is 0 Å². The normalized spacial score (nSPS) is 20.3. The molecule has 22 nitrogen and oxygen atoms in total. The van der Waals surface area contributed by atoms with Gasteiger partial charge in [-0.1, -0.05) is 435 Å². The number of aliphatic hydroxyl groups is 2. The van der Waals surface area contributed by atoms with Crippen LogP contribution >= 0.6 is 7.82 Å². The lowest BCUT2D eigenvalue weighted by atomic mass is 9.96. The van der Waals surface area contributed by atoms with E-state index < -0.39 is 124 Å². The number of nitrogens with one attached hydrogen (secondary N) is 2. The van der Waals surface area contributed by atoms with Gasteiger partial charge in [-0.05, 0) is 64.6 Å². The largest absolute Gasteiger partial charge is 0.475 e. The van der Waals surface area contributed by atoms with Gasteiger partial charge in [-0.2, -0.15) is 0 Å². The summed E-state index contributed by atoms with van der Waals surface area (Å²) in [4.78, 5) is 61.8. The fourth-order valence-electron chi connectivity index (χ4n) is 17.9. The summed E-state index contributed by atoms with van der Waals surface area (Å²) in [5, 5.41) is 32.2. The molecule has 0 aromatic heterocycles. The maximum atomic E-state index is 15.8. The average molecular weight is 1880 g/mol. The monoisotopic (exact) mass is 1880 g/mol. The first kappa shape index (κ1) is 111. The van der Waals surface area contributed by atoms with Crippen LogP contribution in [-0.4, -0.2) is 133 Å². The van der Waals surface area contributed by atoms with Gasteiger partial charge in [0, 0.05) is 0 Å². The second kappa shape index (κ2) is 67.3. The highest BCUT2D eigenvalue weighted by Gasteiger charge is 2.55. The summed E-state index contributed by atoms with van der Waals surface area (Å²) >= 11 is 0. The number of unbranched alkanes of at least 4 members (excludes halogenated alkanes) is 32. The minimum absolute atomic E-state index is 0.0454. The molecular formula is C111H165N2O20P. The lowest BCUT2D eigenvalue weighted by Crippen LogP contribution is -2.68. The second-order valence-electron chi connectivity index (χ2n) is 37.3. The Morgan fingerprint density at radius 3 is 1.01 bits per heavy atom. The SMILES string of the molecule is CCCCCCCCCCC[C@H](CC(=O)N[C@@H]1[C@@H](OC(=O)C[C@@H](CCCCCCCCCCC)OCc2ccccc2)[C@H](OP2(=O)OCc3ccccc3CO2)[C@@H](COCc2ccccc2)O[13C@H]1OC[C@H]1OC(O)[C@H](NC(=O)C[C@@H](CCCCCCCCCCC)OCc2ccccc2)[C@@H](OC(=O)C[C@@H](CCCCCCCCCCC)OCc2ccccc2)[C@@H]1O)OCc1ccccc1. The topological polar surface area (TPSA) is 270 Å². The van der Waals surface area contributed by atoms with E-state index in [4.69, 9.17) is 60.9 Å². The van der Waals surface area contributed by atoms with Crippen molar-refractivity contribution in [3.8, 4) is 0 Å². The van der Waals surface area contributed by atoms with E-state index in [2.05, 4.69) is 38.3 Å². The van der Waals surface area contributed by atoms with Crippen molar-refractivity contribution in [2.24, 2.45) is 0 Å². The minimum atomic E-state index is -4.75. The lowest BCUT2D eigenvalue weighted by Gasteiger charge is -2.47. The molecule has 744 valence electrons. The lowest BCUT2D eigenvalue weighted by molar-refractivity contribution is -0.300. The number of phosphoric ester groups is 1. The van der Waals surface area contributed by atoms with Gasteiger partial charge in [0.15, 0.2) is 24.8 Å². The Morgan fingerprint density at radius 2 is 0.657 bits per heavy atom. The van der Waals surface area contributed by atoms with Crippen LogP contribution in [0, 0.1) is 0 Å². The van der Waals surface area contributed by atoms with Crippen LogP contribution in [0.3, 0.4) is 0 Å². The van der Waals surface area contributed by atoms with Crippen LogP contribution in [0.5, 0.6) is 0 Å². The molecule has 9 rings (SSSR count). The van der Waals surface area contributed by atoms with Crippen LogP contribution in [0.4, 0.5) is 0 Å². The third-order valence-corrected chi connectivity index (χ3v) is 27.3. The minimum Gasteiger partial charge on any atom is -0.457 e. The van der Waals surface area contributed by atoms with Gasteiger partial charge < -0.3 is 68.2 Å². The quantitative estimate of drug-likeness (QED) is 0.0120. The molecule has 3 aliphatic rings. The highest BCUT2D eigenvalue weighted by atomic mass is 31.2. The molecule has 134 heavy (non-hydrogen) atoms. The molecule has 0 bridgehead atoms. The maximum absolute atomic E-state index is 15.8. The summed E-state index contributed by atoms with van der Waals surface area (Å²) in [5.74, 6) is -2.61. The fraction of sp³-hybridized carbons (Fsp3) is 0.640. The zero-order valence-electron chi connectivity index (χ0n) is 81.5. The number of carbonyl (C=O) groups is 4. The summed E-state index contributed by atoms with van der Waals surface area (Å²) in [6, 6.07) is 52.7. The van der Waals surface area contributed by atoms with Crippen molar-refractivity contribution in [1.82, 2.24) is 10.6 Å². The van der Waals surface area contributed by atoms with Crippen molar-refractivity contribution in [2.75, 3.05) is 13.2 Å². The Morgan fingerprint density at radius 1 is 0.351 bits per heavy atom. The van der Waals surface area contributed by atoms with E-state index in [0.29, 0.717) is 36.8 Å². The summed E-state index contributed by atoms with van der Waals surface area (Å²) in [6.07, 6.45) is 24.7. The number of ether oxygens (including phenoxy) is 10. The number of carbonyl (C=O) groups excluding carboxylic acids is 4. The van der Waals surface area contributed by atoms with Crippen molar-refractivity contribution in [2.45, 2.75) is 442 Å². The van der Waals surface area contributed by atoms with Crippen molar-refractivity contribution in [3.63, 3.8) is 0 Å². The van der Waals surface area contributed by atoms with Gasteiger partial charge in [0.2, 0.25) is 11.8 Å². The number of esters is 2. The van der Waals surface area contributed by atoms with E-state index >= 15 is 18.9 Å². The zero-order valence-corrected chi connectivity index (χ0v) is 82.4. The number of hydrogen-bond donors (Lipinski definition) is 4. The molecule has 0 spiro atoms. The van der Waals surface area contributed by atoms with Crippen LogP contribution in [0.15, 0.2) is 176 Å². The fourth-order valence-corrected chi connectivity index (χ4v) is 19.3. The number of hydrogen-bond acceptors (Lipinski definition) is 20. The van der Waals surface area contributed by atoms with Crippen LogP contribution < -0.4 is 10.6 Å². The van der Waals surface area contributed by atoms with Crippen LogP contribution in [0.25, 0.3) is 0 Å². The van der Waals surface area contributed by atoms with Gasteiger partial charge in [-0.25, -0.2) is 4.57 Å². The molecule has 3 aliphatic heterocycles. The first-order chi connectivity index (χ1) is 65.7. The van der Waals surface area contributed by atoms with E-state index in [0.717, 1.165) is 150 Å². The van der Waals surface area contributed by atoms with Gasteiger partial charge in [0.1, 0.15) is 36.5 Å². The molecule has 23 heteroatoms. The van der Waals surface area contributed by atoms with Gasteiger partial charge in [-0.3, -0.25) is 32.7 Å². The highest BCUT2D eigenvalue weighted by Crippen LogP contribution is 2.55. The molecule has 14 atom stereocenters. The number of amides is 2. The first-order valence-electron chi connectivity index (χ1n) is 51.8. The van der Waals surface area contributed by atoms with Crippen LogP contribution in [0.2, 0.25) is 0 Å². The van der Waals surface area contributed by atoms with E-state index in [1.54, 1.807) is 0 Å². The van der Waals surface area contributed by atoms with Crippen molar-refractivity contribution < 1.29 is 94.9 Å². The Balaban J connectivity index is 1.08. The van der Waals surface area contributed by atoms with Crippen molar-refractivity contribution in [3.05, 3.63) is 215 Å². The molecule has 2 amide bonds. The number of benzene rings is 6. The van der Waals surface area contributed by atoms with Crippen LogP contribution in [-0.2, 0) is 131 Å². The highest BCUT2D eigenvalue weighted by molar-refractivity contribution is 7.48. The first-order valence-corrected chi connectivity index (χ1v) is 53.3. The molecule has 0 aliphatic carbocycles. The van der Waals surface area contributed by atoms with Crippen LogP contribution in [0.1, 0.15) is 349 Å². The molecule has 0 saturated carbocycles. The Bertz CT molecular complexity index is 4050. The average Bonchev–Trinajstić information content (AvgIpc) is 1.02. The van der Waals surface area contributed by atoms with Crippen molar-refractivity contribution >= 4 is 31.6 Å². The molecule has 6 aromatic rings. The summed E-state index contributed by atoms with van der Waals surface area (Å²) in [7, 11) is -4.75. The maximum Gasteiger partial charge on any atom is 0.475 e. The third kappa shape index (κ3) is 44.4. The Kier molecular flexibility index (Phi) is 55.5. The van der Waals surface area contributed by atoms with Gasteiger partial charge >= 0.3 is 19.8 Å². The molecule has 3 heterocycles. The molecule has 2 saturated heterocycles. The summed E-state index contributed by atoms with van der Waals surface area (Å²) < 4.78 is 103. The van der Waals surface area contributed by atoms with E-state index in [1.807, 2.05) is 176 Å². The number of fused-ring (bicyclic) bond motifs is 1. The van der Waals surface area contributed by atoms with E-state index in [-0.39, 0.29) is 78.5 Å². The standard InChI is InChI=1S/C111H165N2O20P/c1-5-9-13-17-21-25-29-33-52-70-94(122-79-88-60-44-38-45-61-88)74-100(114)112-104-108(131-102(116)76-96(124-81-90-64-48-40-49-65-90)72-54-35-31-27-23-19-15-11-7-3)106(118)98(129-110(104)119)86-126-111-105(113-101(115)75-95(123-80-89-62-46-39-47-63-89)71-53-34-30-26-22-18-14-10-6-2)109(132-103(117)77-97(125-82-91-66-50-41-51-67-91)73-55-36-32-28-24-20-16-12-8-4)107(99(130-111)85-121-78-87-58-42-37-43-59-87)133-134(120)127-83-92-68-56-57-69-93(92)84-128-134/h37-51,56-69,94-99,104-111,118-119H,5-36,52-55,70-86H2,1-4H3,(H,112,114)(H,113,115)/t94-,95-,96-,97-,98-,99-,104-,105-,106-,107-,108-,109-,110?,111-/m1/s1/i111+1. The molecule has 2 fully saturated rings. The zero-order chi connectivity index (χ0) is 94.5. The Labute approximate surface area is 802 Å². The molecule has 1 unspecified atom stereocenters. The number of rotatable bonds is 73. The predicted octanol–water partition coefficient (Wildman–Crippen LogP) is 24.6. The smallest absolute Gasteiger partial charge is 0.457 e. The Hall–Kier alpha value is -7.09. The molecule has 4 N–H and O–H groups in total. The van der Waals surface area contributed by atoms with E-state index in [9.17, 15) is 15.0 Å². The van der Waals surface area contributed by atoms with E-state index in [1.165, 1.54) is 109 Å². The summed E-state index contributed by atoms with van der Waals surface area (Å²) in [5.41, 5.74) is 5.89. The van der Waals surface area contributed by atoms with Gasteiger partial charge in [0.05, 0.1) is 110 Å². The number of aliphatic hydroxyl groups excluding tert-OH is 2. The second-order valence-corrected chi connectivity index (χ2v) is 38.9. The van der Waals surface area contributed by atoms with Crippen molar-refractivity contribution in [1.29, 1.82) is 0 Å². The molecular weight excluding hydrogens is 1710 g/mol.